The van der Waals surface area contributed by atoms with Crippen LogP contribution < -0.4 is 15.4 Å². The van der Waals surface area contributed by atoms with Gasteiger partial charge in [-0.25, -0.2) is 0 Å². The van der Waals surface area contributed by atoms with Crippen molar-refractivity contribution in [2.24, 2.45) is 0 Å². The van der Waals surface area contributed by atoms with Crippen LogP contribution in [0.15, 0.2) is 71.3 Å². The summed E-state index contributed by atoms with van der Waals surface area (Å²) in [5.41, 5.74) is 0.884. The molecule has 1 aromatic heterocycles. The van der Waals surface area contributed by atoms with Gasteiger partial charge >= 0.3 is 0 Å². The number of furan rings is 1. The summed E-state index contributed by atoms with van der Waals surface area (Å²) in [4.78, 5) is 24.5. The van der Waals surface area contributed by atoms with Crippen LogP contribution in [0.5, 0.6) is 5.75 Å². The average Bonchev–Trinajstić information content (AvgIpc) is 3.19. The molecule has 0 aliphatic heterocycles. The van der Waals surface area contributed by atoms with Gasteiger partial charge in [-0.3, -0.25) is 9.59 Å². The first-order valence-electron chi connectivity index (χ1n) is 8.19. The van der Waals surface area contributed by atoms with Crippen molar-refractivity contribution in [1.82, 2.24) is 5.32 Å². The molecule has 2 aromatic carbocycles. The summed E-state index contributed by atoms with van der Waals surface area (Å²) in [6.45, 7) is 0.0190. The molecule has 0 aliphatic carbocycles. The highest BCUT2D eigenvalue weighted by molar-refractivity contribution is 6.31. The molecule has 0 radical (unpaired) electrons. The summed E-state index contributed by atoms with van der Waals surface area (Å²) in [6.07, 6.45) is 1.53. The van der Waals surface area contributed by atoms with Gasteiger partial charge in [0, 0.05) is 10.7 Å². The molecule has 138 valence electrons. The third-order valence-corrected chi connectivity index (χ3v) is 3.85. The number of hydrogen-bond acceptors (Lipinski definition) is 4. The van der Waals surface area contributed by atoms with E-state index in [0.29, 0.717) is 16.5 Å². The molecule has 3 rings (SSSR count). The van der Waals surface area contributed by atoms with Crippen molar-refractivity contribution in [1.29, 1.82) is 0 Å². The molecule has 0 aliphatic rings. The summed E-state index contributed by atoms with van der Waals surface area (Å²) in [6, 6.07) is 17.2. The van der Waals surface area contributed by atoms with Crippen LogP contribution in [0.25, 0.3) is 0 Å². The minimum absolute atomic E-state index is 0.241. The van der Waals surface area contributed by atoms with E-state index in [1.54, 1.807) is 36.4 Å². The fourth-order valence-corrected chi connectivity index (χ4v) is 2.49. The van der Waals surface area contributed by atoms with E-state index in [1.807, 2.05) is 18.2 Å². The zero-order chi connectivity index (χ0) is 19.1. The van der Waals surface area contributed by atoms with Crippen LogP contribution in [0.3, 0.4) is 0 Å². The maximum Gasteiger partial charge on any atom is 0.259 e. The number of halogens is 1. The summed E-state index contributed by atoms with van der Waals surface area (Å²) in [7, 11) is 0. The van der Waals surface area contributed by atoms with Crippen LogP contribution in [-0.4, -0.2) is 18.4 Å². The summed E-state index contributed by atoms with van der Waals surface area (Å²) >= 11 is 6.01. The number of anilines is 1. The minimum Gasteiger partial charge on any atom is -0.483 e. The zero-order valence-electron chi connectivity index (χ0n) is 14.3. The number of para-hydroxylation sites is 1. The van der Waals surface area contributed by atoms with Gasteiger partial charge in [-0.15, -0.1) is 0 Å². The number of hydrogen-bond donors (Lipinski definition) is 2. The molecule has 7 heteroatoms. The summed E-state index contributed by atoms with van der Waals surface area (Å²) in [5, 5.41) is 5.83. The van der Waals surface area contributed by atoms with E-state index < -0.39 is 0 Å². The van der Waals surface area contributed by atoms with Gasteiger partial charge in [-0.1, -0.05) is 29.8 Å². The number of carbonyl (C=O) groups excluding carboxylic acids is 2. The molecule has 0 unspecified atom stereocenters. The Morgan fingerprint density at radius 1 is 1.04 bits per heavy atom. The van der Waals surface area contributed by atoms with E-state index in [9.17, 15) is 9.59 Å². The van der Waals surface area contributed by atoms with E-state index >= 15 is 0 Å². The average molecular weight is 385 g/mol. The quantitative estimate of drug-likeness (QED) is 0.647. The zero-order valence-corrected chi connectivity index (χ0v) is 15.0. The number of rotatable bonds is 7. The van der Waals surface area contributed by atoms with Crippen molar-refractivity contribution >= 4 is 29.1 Å². The Morgan fingerprint density at radius 2 is 1.85 bits per heavy atom. The SMILES string of the molecule is O=C(COc1ccc(Cl)cc1C(=O)Nc1ccccc1)NCc1ccco1. The summed E-state index contributed by atoms with van der Waals surface area (Å²) in [5.74, 6) is 0.184. The number of nitrogens with one attached hydrogen (secondary N) is 2. The highest BCUT2D eigenvalue weighted by Crippen LogP contribution is 2.24. The van der Waals surface area contributed by atoms with Crippen LogP contribution in [0.2, 0.25) is 5.02 Å². The molecule has 2 N–H and O–H groups in total. The van der Waals surface area contributed by atoms with Gasteiger partial charge in [-0.2, -0.15) is 0 Å². The van der Waals surface area contributed by atoms with Gasteiger partial charge in [0.15, 0.2) is 6.61 Å². The molecule has 27 heavy (non-hydrogen) atoms. The molecule has 0 bridgehead atoms. The lowest BCUT2D eigenvalue weighted by molar-refractivity contribution is -0.123. The van der Waals surface area contributed by atoms with Crippen LogP contribution >= 0.6 is 11.6 Å². The number of ether oxygens (including phenoxy) is 1. The maximum atomic E-state index is 12.6. The van der Waals surface area contributed by atoms with Crippen molar-refractivity contribution in [3.05, 3.63) is 83.3 Å². The second kappa shape index (κ2) is 8.91. The second-order valence-corrected chi connectivity index (χ2v) is 6.04. The Labute approximate surface area is 161 Å². The number of benzene rings is 2. The van der Waals surface area contributed by atoms with Gasteiger partial charge in [0.2, 0.25) is 0 Å². The topological polar surface area (TPSA) is 80.6 Å². The Bertz CT molecular complexity index is 911. The minimum atomic E-state index is -0.380. The second-order valence-electron chi connectivity index (χ2n) is 5.61. The number of carbonyl (C=O) groups is 2. The predicted molar refractivity (Wildman–Crippen MR) is 102 cm³/mol. The third-order valence-electron chi connectivity index (χ3n) is 3.62. The fraction of sp³-hybridized carbons (Fsp3) is 0.100. The Kier molecular flexibility index (Phi) is 6.12. The smallest absolute Gasteiger partial charge is 0.259 e. The predicted octanol–water partition coefficient (Wildman–Crippen LogP) is 3.88. The van der Waals surface area contributed by atoms with Crippen LogP contribution in [0.1, 0.15) is 16.1 Å². The van der Waals surface area contributed by atoms with E-state index in [2.05, 4.69) is 10.6 Å². The van der Waals surface area contributed by atoms with Crippen LogP contribution in [0, 0.1) is 0 Å². The lowest BCUT2D eigenvalue weighted by atomic mass is 10.2. The van der Waals surface area contributed by atoms with E-state index in [4.69, 9.17) is 20.8 Å². The first-order valence-corrected chi connectivity index (χ1v) is 8.57. The molecular formula is C20H17ClN2O4. The van der Waals surface area contributed by atoms with Crippen LogP contribution in [-0.2, 0) is 11.3 Å². The standard InChI is InChI=1S/C20H17ClN2O4/c21-14-8-9-18(27-13-19(24)22-12-16-7-4-10-26-16)17(11-14)20(25)23-15-5-2-1-3-6-15/h1-11H,12-13H2,(H,22,24)(H,23,25). The molecule has 3 aromatic rings. The Balaban J connectivity index is 1.63. The molecular weight excluding hydrogens is 368 g/mol. The Morgan fingerprint density at radius 3 is 2.59 bits per heavy atom. The maximum absolute atomic E-state index is 12.6. The van der Waals surface area contributed by atoms with Crippen molar-refractivity contribution in [3.8, 4) is 5.75 Å². The monoisotopic (exact) mass is 384 g/mol. The molecule has 1 heterocycles. The normalized spacial score (nSPS) is 10.3. The van der Waals surface area contributed by atoms with Crippen molar-refractivity contribution in [3.63, 3.8) is 0 Å². The first kappa shape index (κ1) is 18.5. The van der Waals surface area contributed by atoms with Gasteiger partial charge in [0.05, 0.1) is 18.4 Å². The van der Waals surface area contributed by atoms with Gasteiger partial charge < -0.3 is 19.8 Å². The highest BCUT2D eigenvalue weighted by Gasteiger charge is 2.15. The largest absolute Gasteiger partial charge is 0.483 e. The molecule has 0 spiro atoms. The molecule has 0 saturated carbocycles. The van der Waals surface area contributed by atoms with Gasteiger partial charge in [-0.05, 0) is 42.5 Å². The highest BCUT2D eigenvalue weighted by atomic mass is 35.5. The molecule has 0 fully saturated rings. The van der Waals surface area contributed by atoms with E-state index in [-0.39, 0.29) is 36.3 Å². The van der Waals surface area contributed by atoms with Crippen molar-refractivity contribution in [2.45, 2.75) is 6.54 Å². The molecule has 0 atom stereocenters. The van der Waals surface area contributed by atoms with Gasteiger partial charge in [0.1, 0.15) is 11.5 Å². The Hall–Kier alpha value is -3.25. The van der Waals surface area contributed by atoms with Crippen LogP contribution in [0.4, 0.5) is 5.69 Å². The van der Waals surface area contributed by atoms with E-state index in [0.717, 1.165) is 0 Å². The lowest BCUT2D eigenvalue weighted by Gasteiger charge is -2.12. The lowest BCUT2D eigenvalue weighted by Crippen LogP contribution is -2.28. The van der Waals surface area contributed by atoms with Gasteiger partial charge in [0.25, 0.3) is 11.8 Å². The van der Waals surface area contributed by atoms with E-state index in [1.165, 1.54) is 12.3 Å². The summed E-state index contributed by atoms with van der Waals surface area (Å²) < 4.78 is 10.7. The first-order chi connectivity index (χ1) is 13.1. The third kappa shape index (κ3) is 5.36. The molecule has 6 nitrogen and oxygen atoms in total. The molecule has 2 amide bonds. The fourth-order valence-electron chi connectivity index (χ4n) is 2.32. The van der Waals surface area contributed by atoms with Crippen molar-refractivity contribution < 1.29 is 18.7 Å². The molecule has 0 saturated heterocycles. The van der Waals surface area contributed by atoms with Crippen molar-refractivity contribution in [2.75, 3.05) is 11.9 Å². The number of amides is 2.